The number of piperidine rings is 1. The van der Waals surface area contributed by atoms with Gasteiger partial charge in [-0.15, -0.1) is 0 Å². The van der Waals surface area contributed by atoms with Gasteiger partial charge in [-0.05, 0) is 26.3 Å². The summed E-state index contributed by atoms with van der Waals surface area (Å²) in [5, 5.41) is 0. The van der Waals surface area contributed by atoms with Crippen molar-refractivity contribution in [2.45, 2.75) is 43.5 Å². The summed E-state index contributed by atoms with van der Waals surface area (Å²) < 4.78 is 5.45. The fourth-order valence-electron chi connectivity index (χ4n) is 2.71. The number of fused-ring (bicyclic) bond motifs is 2. The van der Waals surface area contributed by atoms with Gasteiger partial charge in [-0.1, -0.05) is 0 Å². The highest BCUT2D eigenvalue weighted by Crippen LogP contribution is 2.35. The van der Waals surface area contributed by atoms with Gasteiger partial charge in [-0.3, -0.25) is 4.90 Å². The minimum atomic E-state index is 0.399. The number of hydrogen-bond donors (Lipinski definition) is 1. The predicted octanol–water partition coefficient (Wildman–Crippen LogP) is 0.195. The molecule has 2 fully saturated rings. The van der Waals surface area contributed by atoms with Crippen molar-refractivity contribution in [3.63, 3.8) is 0 Å². The van der Waals surface area contributed by atoms with Crippen LogP contribution in [0.5, 0.6) is 0 Å². The van der Waals surface area contributed by atoms with Crippen LogP contribution in [0.1, 0.15) is 19.3 Å². The molecule has 0 aliphatic carbocycles. The Morgan fingerprint density at radius 2 is 2.08 bits per heavy atom. The van der Waals surface area contributed by atoms with E-state index < -0.39 is 0 Å². The Labute approximate surface area is 73.9 Å². The molecule has 2 N–H and O–H groups in total. The second kappa shape index (κ2) is 2.98. The molecule has 4 unspecified atom stereocenters. The molecule has 0 amide bonds. The summed E-state index contributed by atoms with van der Waals surface area (Å²) in [6.07, 6.45) is 3.84. The highest BCUT2D eigenvalue weighted by molar-refractivity contribution is 5.00. The van der Waals surface area contributed by atoms with E-state index in [0.717, 1.165) is 12.8 Å². The van der Waals surface area contributed by atoms with Gasteiger partial charge in [0.05, 0.1) is 6.10 Å². The Morgan fingerprint density at radius 3 is 2.75 bits per heavy atom. The molecule has 12 heavy (non-hydrogen) atoms. The van der Waals surface area contributed by atoms with E-state index >= 15 is 0 Å². The number of hydrogen-bond acceptors (Lipinski definition) is 3. The van der Waals surface area contributed by atoms with Crippen molar-refractivity contribution in [1.82, 2.24) is 4.90 Å². The van der Waals surface area contributed by atoms with Crippen LogP contribution in [0.4, 0.5) is 0 Å². The summed E-state index contributed by atoms with van der Waals surface area (Å²) in [7, 11) is 4.00. The third kappa shape index (κ3) is 1.16. The van der Waals surface area contributed by atoms with Crippen molar-refractivity contribution >= 4 is 0 Å². The lowest BCUT2D eigenvalue weighted by Gasteiger charge is -2.35. The maximum atomic E-state index is 5.95. The third-order valence-electron chi connectivity index (χ3n) is 3.45. The first-order valence-corrected chi connectivity index (χ1v) is 4.72. The molecule has 0 aromatic heterocycles. The molecule has 0 aromatic carbocycles. The number of ether oxygens (including phenoxy) is 1. The van der Waals surface area contributed by atoms with Crippen molar-refractivity contribution in [3.05, 3.63) is 0 Å². The molecule has 2 saturated heterocycles. The fraction of sp³-hybridized carbons (Fsp3) is 1.00. The van der Waals surface area contributed by atoms with Gasteiger partial charge in [0.1, 0.15) is 0 Å². The molecule has 0 aromatic rings. The standard InChI is InChI=1S/C9H18N2O/c1-11-7-3-6(10)4-8(11)9(5-7)12-2/h6-9H,3-5,10H2,1-2H3. The quantitative estimate of drug-likeness (QED) is 0.611. The van der Waals surface area contributed by atoms with E-state index in [1.54, 1.807) is 0 Å². The summed E-state index contributed by atoms with van der Waals surface area (Å²) in [6, 6.07) is 1.64. The average Bonchev–Trinajstić information content (AvgIpc) is 2.27. The molecule has 70 valence electrons. The summed E-state index contributed by atoms with van der Waals surface area (Å²) in [5.74, 6) is 0. The average molecular weight is 170 g/mol. The maximum Gasteiger partial charge on any atom is 0.0741 e. The van der Waals surface area contributed by atoms with Crippen molar-refractivity contribution in [3.8, 4) is 0 Å². The molecule has 3 nitrogen and oxygen atoms in total. The van der Waals surface area contributed by atoms with Gasteiger partial charge in [0.25, 0.3) is 0 Å². The highest BCUT2D eigenvalue weighted by Gasteiger charge is 2.43. The van der Waals surface area contributed by atoms with Gasteiger partial charge in [0.15, 0.2) is 0 Å². The Bertz CT molecular complexity index is 174. The third-order valence-corrected chi connectivity index (χ3v) is 3.45. The maximum absolute atomic E-state index is 5.95. The van der Waals surface area contributed by atoms with Gasteiger partial charge in [-0.25, -0.2) is 0 Å². The van der Waals surface area contributed by atoms with Crippen LogP contribution in [-0.2, 0) is 4.74 Å². The van der Waals surface area contributed by atoms with Crippen LogP contribution >= 0.6 is 0 Å². The Hall–Kier alpha value is -0.120. The number of nitrogens with two attached hydrogens (primary N) is 1. The SMILES string of the molecule is COC1CC2CC(N)CC1N2C. The summed E-state index contributed by atoms with van der Waals surface area (Å²) >= 11 is 0. The first-order valence-electron chi connectivity index (χ1n) is 4.72. The van der Waals surface area contributed by atoms with Crippen molar-refractivity contribution < 1.29 is 4.74 Å². The largest absolute Gasteiger partial charge is 0.380 e. The lowest BCUT2D eigenvalue weighted by molar-refractivity contribution is 0.0574. The van der Waals surface area contributed by atoms with Crippen molar-refractivity contribution in [1.29, 1.82) is 0 Å². The van der Waals surface area contributed by atoms with Gasteiger partial charge in [0, 0.05) is 25.2 Å². The molecular formula is C9H18N2O. The van der Waals surface area contributed by atoms with E-state index in [1.165, 1.54) is 6.42 Å². The lowest BCUT2D eigenvalue weighted by atomic mass is 9.99. The highest BCUT2D eigenvalue weighted by atomic mass is 16.5. The molecule has 2 aliphatic heterocycles. The zero-order valence-corrected chi connectivity index (χ0v) is 7.86. The van der Waals surface area contributed by atoms with E-state index in [4.69, 9.17) is 10.5 Å². The second-order valence-electron chi connectivity index (χ2n) is 4.13. The van der Waals surface area contributed by atoms with Crippen LogP contribution in [0.3, 0.4) is 0 Å². The van der Waals surface area contributed by atoms with Crippen LogP contribution in [0, 0.1) is 0 Å². The van der Waals surface area contributed by atoms with Gasteiger partial charge < -0.3 is 10.5 Å². The summed E-state index contributed by atoms with van der Waals surface area (Å²) in [5.41, 5.74) is 5.95. The van der Waals surface area contributed by atoms with Crippen molar-refractivity contribution in [2.24, 2.45) is 5.73 Å². The molecule has 2 aliphatic rings. The molecule has 0 saturated carbocycles. The fourth-order valence-corrected chi connectivity index (χ4v) is 2.71. The molecule has 0 radical (unpaired) electrons. The molecular weight excluding hydrogens is 152 g/mol. The normalized spacial score (nSPS) is 48.2. The summed E-state index contributed by atoms with van der Waals surface area (Å²) in [6.45, 7) is 0. The molecule has 0 spiro atoms. The van der Waals surface area contributed by atoms with E-state index in [0.29, 0.717) is 24.2 Å². The smallest absolute Gasteiger partial charge is 0.0741 e. The first-order chi connectivity index (χ1) is 5.72. The van der Waals surface area contributed by atoms with E-state index in [9.17, 15) is 0 Å². The number of likely N-dealkylation sites (N-methyl/N-ethyl adjacent to an activating group) is 1. The second-order valence-corrected chi connectivity index (χ2v) is 4.13. The molecule has 3 heteroatoms. The zero-order valence-electron chi connectivity index (χ0n) is 7.86. The van der Waals surface area contributed by atoms with Crippen LogP contribution < -0.4 is 5.73 Å². The van der Waals surface area contributed by atoms with Crippen LogP contribution in [0.2, 0.25) is 0 Å². The van der Waals surface area contributed by atoms with E-state index in [2.05, 4.69) is 11.9 Å². The zero-order chi connectivity index (χ0) is 8.72. The minimum absolute atomic E-state index is 0.399. The van der Waals surface area contributed by atoms with Crippen LogP contribution in [0.25, 0.3) is 0 Å². The Balaban J connectivity index is 2.11. The Kier molecular flexibility index (Phi) is 2.10. The van der Waals surface area contributed by atoms with Crippen molar-refractivity contribution in [2.75, 3.05) is 14.2 Å². The van der Waals surface area contributed by atoms with Gasteiger partial charge in [-0.2, -0.15) is 0 Å². The Morgan fingerprint density at radius 1 is 1.33 bits per heavy atom. The van der Waals surface area contributed by atoms with E-state index in [1.807, 2.05) is 7.11 Å². The van der Waals surface area contributed by atoms with E-state index in [-0.39, 0.29) is 0 Å². The monoisotopic (exact) mass is 170 g/mol. The summed E-state index contributed by atoms with van der Waals surface area (Å²) in [4.78, 5) is 2.44. The van der Waals surface area contributed by atoms with Gasteiger partial charge >= 0.3 is 0 Å². The topological polar surface area (TPSA) is 38.5 Å². The first kappa shape index (κ1) is 8.48. The predicted molar refractivity (Wildman–Crippen MR) is 48.0 cm³/mol. The molecule has 2 bridgehead atoms. The van der Waals surface area contributed by atoms with Gasteiger partial charge in [0.2, 0.25) is 0 Å². The molecule has 2 heterocycles. The van der Waals surface area contributed by atoms with Crippen LogP contribution in [0.15, 0.2) is 0 Å². The number of methoxy groups -OCH3 is 1. The number of rotatable bonds is 1. The minimum Gasteiger partial charge on any atom is -0.380 e. The number of nitrogens with zero attached hydrogens (tertiary/aromatic N) is 1. The van der Waals surface area contributed by atoms with Crippen LogP contribution in [-0.4, -0.2) is 43.3 Å². The molecule has 2 rings (SSSR count). The molecule has 4 atom stereocenters. The lowest BCUT2D eigenvalue weighted by Crippen LogP contribution is -2.47.